The summed E-state index contributed by atoms with van der Waals surface area (Å²) >= 11 is 0. The second-order valence-electron chi connectivity index (χ2n) is 9.29. The van der Waals surface area contributed by atoms with Gasteiger partial charge in [-0.3, -0.25) is 9.80 Å². The molecule has 0 aliphatic carbocycles. The molecule has 0 saturated carbocycles. The fraction of sp³-hybridized carbons (Fsp3) is 0.909. The third-order valence-corrected chi connectivity index (χ3v) is 5.77. The zero-order chi connectivity index (χ0) is 22.2. The minimum Gasteiger partial charge on any atom is -0.299 e. The quantitative estimate of drug-likeness (QED) is 0.438. The lowest BCUT2D eigenvalue weighted by molar-refractivity contribution is 0.103. The Bertz CT molecular complexity index is 537. The lowest BCUT2D eigenvalue weighted by Crippen LogP contribution is -2.49. The van der Waals surface area contributed by atoms with E-state index in [0.717, 1.165) is 26.2 Å². The molecule has 2 unspecified atom stereocenters. The summed E-state index contributed by atoms with van der Waals surface area (Å²) in [7, 11) is 0. The van der Waals surface area contributed by atoms with Gasteiger partial charge in [0.05, 0.1) is 12.1 Å². The first-order valence-corrected chi connectivity index (χ1v) is 10.5. The van der Waals surface area contributed by atoms with Gasteiger partial charge in [0.2, 0.25) is 0 Å². The predicted octanol–water partition coefficient (Wildman–Crippen LogP) is 5.02. The van der Waals surface area contributed by atoms with Crippen molar-refractivity contribution in [2.45, 2.75) is 104 Å². The molecule has 28 heavy (non-hydrogen) atoms. The van der Waals surface area contributed by atoms with Crippen LogP contribution in [0, 0.1) is 22.7 Å². The maximum atomic E-state index is 9.83. The Hall–Kier alpha value is -1.50. The summed E-state index contributed by atoms with van der Waals surface area (Å²) in [6.07, 6.45) is 1.12. The van der Waals surface area contributed by atoms with E-state index in [4.69, 9.17) is 0 Å². The summed E-state index contributed by atoms with van der Waals surface area (Å²) in [6, 6.07) is 4.67. The van der Waals surface area contributed by atoms with Gasteiger partial charge in [0.25, 0.3) is 0 Å². The molecule has 0 bridgehead atoms. The predicted molar refractivity (Wildman–Crippen MR) is 116 cm³/mol. The van der Waals surface area contributed by atoms with Crippen LogP contribution in [-0.2, 0) is 0 Å². The third kappa shape index (κ3) is 7.15. The van der Waals surface area contributed by atoms with Gasteiger partial charge in [-0.05, 0) is 67.7 Å². The van der Waals surface area contributed by atoms with E-state index in [-0.39, 0.29) is 11.1 Å². The fourth-order valence-corrected chi connectivity index (χ4v) is 4.48. The first-order chi connectivity index (χ1) is 12.8. The van der Waals surface area contributed by atoms with Crippen LogP contribution in [0.1, 0.15) is 82.1 Å². The first-order valence-electron chi connectivity index (χ1n) is 10.5. The number of nitrogens with zero attached hydrogens (tertiary/aromatic N) is 6. The molecule has 0 radical (unpaired) electrons. The number of hydrogen-bond donors (Lipinski definition) is 0. The Morgan fingerprint density at radius 3 is 1.04 bits per heavy atom. The summed E-state index contributed by atoms with van der Waals surface area (Å²) in [5.74, 6) is 0. The maximum absolute atomic E-state index is 9.83. The lowest BCUT2D eigenvalue weighted by Gasteiger charge is -2.41. The zero-order valence-electron chi connectivity index (χ0n) is 19.9. The molecule has 2 atom stereocenters. The third-order valence-electron chi connectivity index (χ3n) is 5.77. The molecule has 0 aromatic carbocycles. The normalized spacial score (nSPS) is 17.4. The summed E-state index contributed by atoms with van der Waals surface area (Å²) in [6.45, 7) is 24.3. The number of nitriles is 2. The second kappa shape index (κ2) is 10.3. The second-order valence-corrected chi connectivity index (χ2v) is 9.29. The van der Waals surface area contributed by atoms with Gasteiger partial charge in [0.15, 0.2) is 11.1 Å². The van der Waals surface area contributed by atoms with E-state index >= 15 is 0 Å². The van der Waals surface area contributed by atoms with Crippen molar-refractivity contribution in [2.75, 3.05) is 26.2 Å². The van der Waals surface area contributed by atoms with Crippen molar-refractivity contribution < 1.29 is 0 Å². The Morgan fingerprint density at radius 2 is 0.857 bits per heavy atom. The van der Waals surface area contributed by atoms with E-state index in [1.807, 2.05) is 13.8 Å². The molecular formula is C22H42N6. The van der Waals surface area contributed by atoms with E-state index in [9.17, 15) is 10.5 Å². The highest BCUT2D eigenvalue weighted by Gasteiger charge is 2.39. The molecule has 0 rings (SSSR count). The van der Waals surface area contributed by atoms with Crippen LogP contribution in [0.15, 0.2) is 10.2 Å². The van der Waals surface area contributed by atoms with E-state index in [1.165, 1.54) is 0 Å². The average Bonchev–Trinajstić information content (AvgIpc) is 2.61. The Labute approximate surface area is 173 Å². The van der Waals surface area contributed by atoms with Crippen molar-refractivity contribution >= 4 is 0 Å². The van der Waals surface area contributed by atoms with Crippen LogP contribution in [0.25, 0.3) is 0 Å². The Morgan fingerprint density at radius 1 is 0.607 bits per heavy atom. The van der Waals surface area contributed by atoms with Crippen LogP contribution in [0.5, 0.6) is 0 Å². The van der Waals surface area contributed by atoms with E-state index in [2.05, 4.69) is 87.6 Å². The molecule has 6 nitrogen and oxygen atoms in total. The van der Waals surface area contributed by atoms with Gasteiger partial charge in [-0.2, -0.15) is 20.8 Å². The minimum absolute atomic E-state index is 0.184. The van der Waals surface area contributed by atoms with Crippen molar-refractivity contribution in [1.29, 1.82) is 10.5 Å². The molecule has 160 valence electrons. The summed E-state index contributed by atoms with van der Waals surface area (Å²) in [4.78, 5) is 4.65. The molecule has 0 heterocycles. The smallest absolute Gasteiger partial charge is 0.166 e. The highest BCUT2D eigenvalue weighted by atomic mass is 15.2. The van der Waals surface area contributed by atoms with Crippen LogP contribution < -0.4 is 0 Å². The van der Waals surface area contributed by atoms with Crippen LogP contribution in [0.3, 0.4) is 0 Å². The summed E-state index contributed by atoms with van der Waals surface area (Å²) in [5, 5.41) is 28.5. The van der Waals surface area contributed by atoms with Crippen molar-refractivity contribution in [3.05, 3.63) is 0 Å². The van der Waals surface area contributed by atoms with E-state index in [0.29, 0.717) is 12.8 Å². The van der Waals surface area contributed by atoms with Gasteiger partial charge in [0, 0.05) is 23.9 Å². The average molecular weight is 391 g/mol. The maximum Gasteiger partial charge on any atom is 0.166 e. The van der Waals surface area contributed by atoms with Gasteiger partial charge in [-0.15, -0.1) is 0 Å². The number of rotatable bonds is 12. The fourth-order valence-electron chi connectivity index (χ4n) is 4.48. The molecule has 0 saturated heterocycles. The van der Waals surface area contributed by atoms with Crippen LogP contribution in [0.4, 0.5) is 0 Å². The number of hydrogen-bond acceptors (Lipinski definition) is 6. The highest BCUT2D eigenvalue weighted by molar-refractivity contribution is 5.11. The Kier molecular flexibility index (Phi) is 9.77. The van der Waals surface area contributed by atoms with Gasteiger partial charge < -0.3 is 0 Å². The minimum atomic E-state index is -0.969. The van der Waals surface area contributed by atoms with E-state index < -0.39 is 11.1 Å². The molecule has 6 heteroatoms. The molecule has 0 aliphatic rings. The SMILES string of the molecule is CCN(CC)C(C)(C)CC(C)(C#N)/N=N/C(C)(C#N)CC(C)(C)N(CC)CC. The summed E-state index contributed by atoms with van der Waals surface area (Å²) in [5.41, 5.74) is -2.31. The van der Waals surface area contributed by atoms with Gasteiger partial charge in [-0.25, -0.2) is 0 Å². The molecule has 0 aliphatic heterocycles. The van der Waals surface area contributed by atoms with Crippen molar-refractivity contribution in [3.63, 3.8) is 0 Å². The number of azo groups is 1. The summed E-state index contributed by atoms with van der Waals surface area (Å²) < 4.78 is 0. The molecule has 0 amide bonds. The van der Waals surface area contributed by atoms with Crippen LogP contribution >= 0.6 is 0 Å². The van der Waals surface area contributed by atoms with Crippen molar-refractivity contribution in [2.24, 2.45) is 10.2 Å². The topological polar surface area (TPSA) is 78.8 Å². The van der Waals surface area contributed by atoms with Crippen LogP contribution in [-0.4, -0.2) is 58.1 Å². The molecule has 0 fully saturated rings. The van der Waals surface area contributed by atoms with Gasteiger partial charge in [0.1, 0.15) is 0 Å². The zero-order valence-corrected chi connectivity index (χ0v) is 19.9. The van der Waals surface area contributed by atoms with Crippen molar-refractivity contribution in [1.82, 2.24) is 9.80 Å². The van der Waals surface area contributed by atoms with Gasteiger partial charge >= 0.3 is 0 Å². The van der Waals surface area contributed by atoms with E-state index in [1.54, 1.807) is 0 Å². The molecule has 0 N–H and O–H groups in total. The molecule has 0 aromatic heterocycles. The molecule has 0 aromatic rings. The van der Waals surface area contributed by atoms with Crippen molar-refractivity contribution in [3.8, 4) is 12.1 Å². The Balaban J connectivity index is 5.65. The highest BCUT2D eigenvalue weighted by Crippen LogP contribution is 2.32. The van der Waals surface area contributed by atoms with Crippen LogP contribution in [0.2, 0.25) is 0 Å². The monoisotopic (exact) mass is 390 g/mol. The molecular weight excluding hydrogens is 348 g/mol. The standard InChI is InChI=1S/C22H42N6/c1-11-27(12-2)19(5,6)15-21(9,17-23)25-26-22(10,18-24)16-20(7,8)28(13-3)14-4/h11-16H2,1-10H3/b26-25+. The molecule has 0 spiro atoms. The lowest BCUT2D eigenvalue weighted by atomic mass is 9.85. The largest absolute Gasteiger partial charge is 0.299 e. The van der Waals surface area contributed by atoms with Gasteiger partial charge in [-0.1, -0.05) is 27.7 Å². The first kappa shape index (κ1) is 26.5.